The summed E-state index contributed by atoms with van der Waals surface area (Å²) in [7, 11) is 0. The Morgan fingerprint density at radius 1 is 1.26 bits per heavy atom. The van der Waals surface area contributed by atoms with E-state index in [1.54, 1.807) is 6.07 Å². The van der Waals surface area contributed by atoms with E-state index in [0.717, 1.165) is 24.2 Å². The van der Waals surface area contributed by atoms with E-state index >= 15 is 0 Å². The molecule has 2 aromatic rings. The molecule has 1 amide bonds. The Balaban J connectivity index is 1.65. The van der Waals surface area contributed by atoms with E-state index in [1.165, 1.54) is 29.3 Å². The molecule has 0 unspecified atom stereocenters. The van der Waals surface area contributed by atoms with Crippen LogP contribution in [0.5, 0.6) is 0 Å². The summed E-state index contributed by atoms with van der Waals surface area (Å²) in [6, 6.07) is 7.87. The number of nitrogens with zero attached hydrogens (tertiary/aromatic N) is 2. The number of rotatable bonds is 4. The summed E-state index contributed by atoms with van der Waals surface area (Å²) in [6.07, 6.45) is 3.44. The van der Waals surface area contributed by atoms with Crippen molar-refractivity contribution >= 4 is 29.2 Å². The molecule has 0 fully saturated rings. The van der Waals surface area contributed by atoms with E-state index in [9.17, 15) is 4.79 Å². The maximum Gasteiger partial charge on any atom is 0.237 e. The Morgan fingerprint density at radius 3 is 2.83 bits per heavy atom. The lowest BCUT2D eigenvalue weighted by atomic mass is 10.1. The van der Waals surface area contributed by atoms with Gasteiger partial charge in [-0.05, 0) is 56.4 Å². The van der Waals surface area contributed by atoms with Gasteiger partial charge in [0, 0.05) is 17.4 Å². The van der Waals surface area contributed by atoms with Crippen molar-refractivity contribution in [1.82, 2.24) is 9.97 Å². The number of aryl methyl sites for hydroxylation is 3. The molecule has 0 spiro atoms. The van der Waals surface area contributed by atoms with E-state index in [1.807, 2.05) is 19.9 Å². The average Bonchev–Trinajstić information content (AvgIpc) is 2.93. The summed E-state index contributed by atoms with van der Waals surface area (Å²) in [5, 5.41) is 3.20. The quantitative estimate of drug-likeness (QED) is 0.666. The zero-order valence-electron chi connectivity index (χ0n) is 13.3. The van der Waals surface area contributed by atoms with Gasteiger partial charge in [0.15, 0.2) is 5.16 Å². The normalized spacial score (nSPS) is 14.3. The summed E-state index contributed by atoms with van der Waals surface area (Å²) in [5.41, 5.74) is 10.1. The van der Waals surface area contributed by atoms with E-state index < -0.39 is 0 Å². The molecule has 1 heterocycles. The lowest BCUT2D eigenvalue weighted by molar-refractivity contribution is -0.115. The van der Waals surface area contributed by atoms with Crippen LogP contribution in [-0.2, 0) is 17.6 Å². The first-order chi connectivity index (χ1) is 11.0. The number of nitrogens with one attached hydrogen (secondary N) is 1. The van der Waals surface area contributed by atoms with Gasteiger partial charge < -0.3 is 11.1 Å². The number of nitrogen functional groups attached to an aromatic ring is 1. The molecule has 3 rings (SSSR count). The molecule has 1 aliphatic carbocycles. The van der Waals surface area contributed by atoms with Crippen LogP contribution in [0.2, 0.25) is 0 Å². The topological polar surface area (TPSA) is 80.9 Å². The van der Waals surface area contributed by atoms with Crippen LogP contribution >= 0.6 is 11.8 Å². The number of nitrogens with two attached hydrogens (primary N) is 1. The van der Waals surface area contributed by atoms with E-state index in [4.69, 9.17) is 5.73 Å². The van der Waals surface area contributed by atoms with Crippen molar-refractivity contribution in [2.45, 2.75) is 43.5 Å². The highest BCUT2D eigenvalue weighted by molar-refractivity contribution is 8.00. The number of aromatic nitrogens is 2. The fourth-order valence-corrected chi connectivity index (χ4v) is 3.56. The molecule has 0 radical (unpaired) electrons. The lowest BCUT2D eigenvalue weighted by Crippen LogP contribution is -2.22. The molecule has 120 valence electrons. The molecule has 1 aliphatic rings. The summed E-state index contributed by atoms with van der Waals surface area (Å²) in [5.74, 6) is 0.364. The van der Waals surface area contributed by atoms with Crippen LogP contribution in [0.1, 0.15) is 30.2 Å². The number of carbonyl (C=O) groups excluding carboxylic acids is 1. The van der Waals surface area contributed by atoms with Crippen molar-refractivity contribution in [1.29, 1.82) is 0 Å². The molecule has 0 aliphatic heterocycles. The first kappa shape index (κ1) is 15.8. The third-order valence-corrected chi connectivity index (χ3v) is 4.83. The Labute approximate surface area is 140 Å². The minimum atomic E-state index is -0.301. The van der Waals surface area contributed by atoms with Crippen LogP contribution in [0, 0.1) is 6.92 Å². The van der Waals surface area contributed by atoms with Crippen molar-refractivity contribution in [2.75, 3.05) is 11.1 Å². The maximum absolute atomic E-state index is 12.4. The molecule has 5 nitrogen and oxygen atoms in total. The minimum absolute atomic E-state index is 0.0587. The summed E-state index contributed by atoms with van der Waals surface area (Å²) >= 11 is 1.31. The van der Waals surface area contributed by atoms with Crippen molar-refractivity contribution in [3.05, 3.63) is 41.1 Å². The molecule has 0 saturated carbocycles. The van der Waals surface area contributed by atoms with Crippen LogP contribution in [0.4, 0.5) is 11.5 Å². The van der Waals surface area contributed by atoms with Gasteiger partial charge in [-0.15, -0.1) is 0 Å². The SMILES string of the molecule is Cc1cc(N)nc(S[C@H](C)C(=O)Nc2ccc3c(c2)CCC3)n1. The molecular weight excluding hydrogens is 308 g/mol. The van der Waals surface area contributed by atoms with Crippen LogP contribution in [0.3, 0.4) is 0 Å². The first-order valence-electron chi connectivity index (χ1n) is 7.72. The molecule has 23 heavy (non-hydrogen) atoms. The maximum atomic E-state index is 12.4. The number of thioether (sulfide) groups is 1. The summed E-state index contributed by atoms with van der Waals surface area (Å²) < 4.78 is 0. The predicted octanol–water partition coefficient (Wildman–Crippen LogP) is 2.98. The Bertz CT molecular complexity index is 727. The van der Waals surface area contributed by atoms with Crippen molar-refractivity contribution < 1.29 is 4.79 Å². The van der Waals surface area contributed by atoms with Crippen LogP contribution < -0.4 is 11.1 Å². The summed E-state index contributed by atoms with van der Waals surface area (Å²) in [4.78, 5) is 20.8. The van der Waals surface area contributed by atoms with Gasteiger partial charge >= 0.3 is 0 Å². The zero-order chi connectivity index (χ0) is 16.4. The van der Waals surface area contributed by atoms with Crippen LogP contribution in [0.15, 0.2) is 29.4 Å². The number of fused-ring (bicyclic) bond motifs is 1. The molecule has 3 N–H and O–H groups in total. The Hall–Kier alpha value is -2.08. The highest BCUT2D eigenvalue weighted by Crippen LogP contribution is 2.26. The minimum Gasteiger partial charge on any atom is -0.384 e. The van der Waals surface area contributed by atoms with Gasteiger partial charge in [0.1, 0.15) is 5.82 Å². The van der Waals surface area contributed by atoms with Gasteiger partial charge in [-0.2, -0.15) is 0 Å². The predicted molar refractivity (Wildman–Crippen MR) is 93.6 cm³/mol. The number of hydrogen-bond donors (Lipinski definition) is 2. The van der Waals surface area contributed by atoms with Gasteiger partial charge in [-0.25, -0.2) is 9.97 Å². The molecule has 0 saturated heterocycles. The van der Waals surface area contributed by atoms with Gasteiger partial charge in [0.2, 0.25) is 5.91 Å². The number of amides is 1. The average molecular weight is 328 g/mol. The smallest absolute Gasteiger partial charge is 0.237 e. The van der Waals surface area contributed by atoms with Gasteiger partial charge in [0.05, 0.1) is 5.25 Å². The molecule has 0 bridgehead atoms. The van der Waals surface area contributed by atoms with E-state index in [-0.39, 0.29) is 11.2 Å². The first-order valence-corrected chi connectivity index (χ1v) is 8.60. The van der Waals surface area contributed by atoms with Gasteiger partial charge in [0.25, 0.3) is 0 Å². The fourth-order valence-electron chi connectivity index (χ4n) is 2.72. The number of hydrogen-bond acceptors (Lipinski definition) is 5. The van der Waals surface area contributed by atoms with Crippen molar-refractivity contribution in [3.63, 3.8) is 0 Å². The van der Waals surface area contributed by atoms with E-state index in [0.29, 0.717) is 11.0 Å². The van der Waals surface area contributed by atoms with Crippen molar-refractivity contribution in [2.24, 2.45) is 0 Å². The molecule has 1 atom stereocenters. The summed E-state index contributed by atoms with van der Waals surface area (Å²) in [6.45, 7) is 3.70. The molecular formula is C17H20N4OS. The molecule has 1 aromatic carbocycles. The highest BCUT2D eigenvalue weighted by atomic mass is 32.2. The number of benzene rings is 1. The highest BCUT2D eigenvalue weighted by Gasteiger charge is 2.18. The standard InChI is InChI=1S/C17H20N4OS/c1-10-8-15(18)21-17(19-10)23-11(2)16(22)20-14-7-6-12-4-3-5-13(12)9-14/h6-9,11H,3-5H2,1-2H3,(H,20,22)(H2,18,19,21)/t11-/m1/s1. The third-order valence-electron chi connectivity index (χ3n) is 3.87. The van der Waals surface area contributed by atoms with E-state index in [2.05, 4.69) is 27.4 Å². The second kappa shape index (κ2) is 6.58. The monoisotopic (exact) mass is 328 g/mol. The molecule has 1 aromatic heterocycles. The second-order valence-corrected chi connectivity index (χ2v) is 7.11. The van der Waals surface area contributed by atoms with Crippen LogP contribution in [0.25, 0.3) is 0 Å². The second-order valence-electron chi connectivity index (χ2n) is 5.80. The number of carbonyl (C=O) groups is 1. The van der Waals surface area contributed by atoms with Crippen molar-refractivity contribution in [3.8, 4) is 0 Å². The fraction of sp³-hybridized carbons (Fsp3) is 0.353. The van der Waals surface area contributed by atoms with Gasteiger partial charge in [-0.3, -0.25) is 4.79 Å². The Morgan fingerprint density at radius 2 is 2.04 bits per heavy atom. The zero-order valence-corrected chi connectivity index (χ0v) is 14.1. The molecule has 6 heteroatoms. The Kier molecular flexibility index (Phi) is 4.52. The van der Waals surface area contributed by atoms with Crippen LogP contribution in [-0.4, -0.2) is 21.1 Å². The van der Waals surface area contributed by atoms with Gasteiger partial charge in [-0.1, -0.05) is 17.8 Å². The largest absolute Gasteiger partial charge is 0.384 e. The number of anilines is 2. The lowest BCUT2D eigenvalue weighted by Gasteiger charge is -2.12. The third kappa shape index (κ3) is 3.82.